The van der Waals surface area contributed by atoms with E-state index in [4.69, 9.17) is 0 Å². The molecule has 2 nitrogen and oxygen atoms in total. The number of hydrogen-bond acceptors (Lipinski definition) is 4. The topological polar surface area (TPSA) is 24.1 Å². The van der Waals surface area contributed by atoms with Gasteiger partial charge in [0.25, 0.3) is 0 Å². The fourth-order valence-corrected chi connectivity index (χ4v) is 5.44. The van der Waals surface area contributed by atoms with Gasteiger partial charge in [0.1, 0.15) is 0 Å². The summed E-state index contributed by atoms with van der Waals surface area (Å²) in [6.07, 6.45) is 5.44. The molecule has 0 unspecified atom stereocenters. The molecular weight excluding hydrogens is 283 g/mol. The number of rotatable bonds is 0. The third-order valence-electron chi connectivity index (χ3n) is 3.72. The zero-order valence-corrected chi connectivity index (χ0v) is 12.6. The lowest BCUT2D eigenvalue weighted by molar-refractivity contribution is 0.280. The maximum absolute atomic E-state index is 3.70. The van der Waals surface area contributed by atoms with E-state index in [1.54, 1.807) is 0 Å². The Labute approximate surface area is 119 Å². The Morgan fingerprint density at radius 1 is 0.688 bits per heavy atom. The molecule has 3 fully saturated rings. The van der Waals surface area contributed by atoms with E-state index in [2.05, 4.69) is 34.2 Å². The lowest BCUT2D eigenvalue weighted by atomic mass is 9.90. The van der Waals surface area contributed by atoms with Gasteiger partial charge in [-0.05, 0) is 25.7 Å². The van der Waals surface area contributed by atoms with Crippen LogP contribution in [0.25, 0.3) is 0 Å². The minimum Gasteiger partial charge on any atom is -0.302 e. The van der Waals surface area contributed by atoms with Crippen LogP contribution in [0, 0.1) is 0 Å². The number of halogens is 2. The molecule has 0 aromatic rings. The molecule has 2 aliphatic heterocycles. The van der Waals surface area contributed by atoms with Crippen LogP contribution in [0.5, 0.6) is 0 Å². The first-order valence-corrected chi connectivity index (χ1v) is 7.58. The summed E-state index contributed by atoms with van der Waals surface area (Å²) in [5.74, 6) is 2.63. The molecule has 0 atom stereocenters. The molecule has 3 aliphatic rings. The second-order valence-electron chi connectivity index (χ2n) is 4.54. The molecule has 2 saturated heterocycles. The van der Waals surface area contributed by atoms with Crippen molar-refractivity contribution in [1.82, 2.24) is 10.6 Å². The third-order valence-corrected chi connectivity index (χ3v) is 6.75. The zero-order valence-electron chi connectivity index (χ0n) is 9.29. The normalized spacial score (nSPS) is 42.0. The Morgan fingerprint density at radius 2 is 1.06 bits per heavy atom. The van der Waals surface area contributed by atoms with Crippen LogP contribution in [0.1, 0.15) is 25.7 Å². The maximum atomic E-state index is 3.70. The first-order chi connectivity index (χ1) is 6.83. The highest BCUT2D eigenvalue weighted by Gasteiger charge is 2.45. The first-order valence-electron chi connectivity index (χ1n) is 5.61. The second-order valence-corrected chi connectivity index (χ2v) is 7.50. The number of thioether (sulfide) groups is 2. The van der Waals surface area contributed by atoms with Crippen molar-refractivity contribution in [1.29, 1.82) is 0 Å². The van der Waals surface area contributed by atoms with E-state index in [0.717, 1.165) is 0 Å². The lowest BCUT2D eigenvalue weighted by Gasteiger charge is -2.42. The summed E-state index contributed by atoms with van der Waals surface area (Å²) in [4.78, 5) is 0.937. The Balaban J connectivity index is 0.000000640. The van der Waals surface area contributed by atoms with E-state index in [0.29, 0.717) is 9.74 Å². The molecule has 0 aromatic heterocycles. The van der Waals surface area contributed by atoms with Gasteiger partial charge in [-0.3, -0.25) is 0 Å². The van der Waals surface area contributed by atoms with Gasteiger partial charge in [0.05, 0.1) is 9.74 Å². The fraction of sp³-hybridized carbons (Fsp3) is 1.00. The summed E-state index contributed by atoms with van der Waals surface area (Å²) < 4.78 is 0. The minimum absolute atomic E-state index is 0. The van der Waals surface area contributed by atoms with Crippen molar-refractivity contribution in [2.24, 2.45) is 0 Å². The predicted octanol–water partition coefficient (Wildman–Crippen LogP) is 2.47. The molecule has 0 amide bonds. The molecule has 16 heavy (non-hydrogen) atoms. The average molecular weight is 303 g/mol. The monoisotopic (exact) mass is 302 g/mol. The Kier molecular flexibility index (Phi) is 5.62. The van der Waals surface area contributed by atoms with Crippen LogP contribution >= 0.6 is 48.3 Å². The van der Waals surface area contributed by atoms with Crippen LogP contribution in [-0.2, 0) is 0 Å². The van der Waals surface area contributed by atoms with Crippen LogP contribution in [0.2, 0.25) is 0 Å². The van der Waals surface area contributed by atoms with Gasteiger partial charge in [0.15, 0.2) is 0 Å². The molecule has 96 valence electrons. The first kappa shape index (κ1) is 15.3. The molecule has 2 spiro atoms. The van der Waals surface area contributed by atoms with Crippen LogP contribution in [0.4, 0.5) is 0 Å². The Morgan fingerprint density at radius 3 is 1.31 bits per heavy atom. The lowest BCUT2D eigenvalue weighted by Crippen LogP contribution is -2.49. The summed E-state index contributed by atoms with van der Waals surface area (Å²) in [7, 11) is 0. The van der Waals surface area contributed by atoms with Crippen molar-refractivity contribution in [3.05, 3.63) is 0 Å². The molecule has 6 heteroatoms. The van der Waals surface area contributed by atoms with E-state index >= 15 is 0 Å². The molecule has 3 rings (SSSR count). The summed E-state index contributed by atoms with van der Waals surface area (Å²) in [5, 5.41) is 7.41. The van der Waals surface area contributed by atoms with E-state index in [1.165, 1.54) is 50.3 Å². The van der Waals surface area contributed by atoms with Crippen molar-refractivity contribution < 1.29 is 0 Å². The van der Waals surface area contributed by atoms with Gasteiger partial charge in [-0.1, -0.05) is 0 Å². The van der Waals surface area contributed by atoms with Crippen LogP contribution in [-0.4, -0.2) is 34.3 Å². The molecular formula is C10H20Cl2N2S2. The van der Waals surface area contributed by atoms with Crippen LogP contribution in [0.3, 0.4) is 0 Å². The maximum Gasteiger partial charge on any atom is 0.0647 e. The Bertz CT molecular complexity index is 193. The summed E-state index contributed by atoms with van der Waals surface area (Å²) >= 11 is 4.32. The van der Waals surface area contributed by atoms with E-state index < -0.39 is 0 Å². The molecule has 1 saturated carbocycles. The van der Waals surface area contributed by atoms with Gasteiger partial charge in [0, 0.05) is 24.6 Å². The highest BCUT2D eigenvalue weighted by Crippen LogP contribution is 2.48. The fourth-order valence-electron chi connectivity index (χ4n) is 2.85. The van der Waals surface area contributed by atoms with Gasteiger partial charge in [-0.25, -0.2) is 0 Å². The number of nitrogens with one attached hydrogen (secondary N) is 2. The largest absolute Gasteiger partial charge is 0.302 e. The molecule has 1 aliphatic carbocycles. The highest BCUT2D eigenvalue weighted by atomic mass is 35.5. The standard InChI is InChI=1S/C10H18N2S2.2ClH/c1-2-10(12-6-8-14-10)4-3-9(1)11-5-7-13-9;;/h11-12H,1-8H2;2*1H. The predicted molar refractivity (Wildman–Crippen MR) is 79.3 cm³/mol. The smallest absolute Gasteiger partial charge is 0.0647 e. The quantitative estimate of drug-likeness (QED) is 0.718. The summed E-state index contributed by atoms with van der Waals surface area (Å²) in [6, 6.07) is 0. The van der Waals surface area contributed by atoms with Crippen molar-refractivity contribution in [2.45, 2.75) is 35.4 Å². The summed E-state index contributed by atoms with van der Waals surface area (Å²) in [6.45, 7) is 2.44. The van der Waals surface area contributed by atoms with Crippen molar-refractivity contribution in [3.63, 3.8) is 0 Å². The van der Waals surface area contributed by atoms with Crippen molar-refractivity contribution >= 4 is 48.3 Å². The van der Waals surface area contributed by atoms with Gasteiger partial charge in [-0.15, -0.1) is 48.3 Å². The van der Waals surface area contributed by atoms with Gasteiger partial charge < -0.3 is 10.6 Å². The van der Waals surface area contributed by atoms with E-state index in [1.807, 2.05) is 0 Å². The summed E-state index contributed by atoms with van der Waals surface area (Å²) in [5.41, 5.74) is 0. The molecule has 0 radical (unpaired) electrons. The second kappa shape index (κ2) is 5.89. The highest BCUT2D eigenvalue weighted by molar-refractivity contribution is 8.01. The van der Waals surface area contributed by atoms with E-state index in [-0.39, 0.29) is 24.8 Å². The molecule has 2 heterocycles. The average Bonchev–Trinajstić information content (AvgIpc) is 2.81. The van der Waals surface area contributed by atoms with Crippen LogP contribution < -0.4 is 10.6 Å². The Hall–Kier alpha value is 1.20. The van der Waals surface area contributed by atoms with E-state index in [9.17, 15) is 0 Å². The van der Waals surface area contributed by atoms with Gasteiger partial charge in [-0.2, -0.15) is 0 Å². The third kappa shape index (κ3) is 2.78. The zero-order chi connectivity index (χ0) is 9.49. The molecule has 0 aromatic carbocycles. The van der Waals surface area contributed by atoms with Crippen LogP contribution in [0.15, 0.2) is 0 Å². The van der Waals surface area contributed by atoms with Crippen molar-refractivity contribution in [2.75, 3.05) is 24.6 Å². The molecule has 2 N–H and O–H groups in total. The minimum atomic E-state index is 0. The van der Waals surface area contributed by atoms with Crippen molar-refractivity contribution in [3.8, 4) is 0 Å². The molecule has 0 bridgehead atoms. The SMILES string of the molecule is C1CSC2(CCC3(CC2)NCCS3)N1.Cl.Cl. The number of hydrogen-bond donors (Lipinski definition) is 2. The van der Waals surface area contributed by atoms with Gasteiger partial charge in [0.2, 0.25) is 0 Å². The van der Waals surface area contributed by atoms with Gasteiger partial charge >= 0.3 is 0 Å².